The molecule has 0 aliphatic carbocycles. The lowest BCUT2D eigenvalue weighted by Crippen LogP contribution is -2.30. The largest absolute Gasteiger partial charge is 0.483 e. The van der Waals surface area contributed by atoms with E-state index in [1.807, 2.05) is 0 Å². The summed E-state index contributed by atoms with van der Waals surface area (Å²) in [5.74, 6) is -0.654. The number of rotatable bonds is 8. The molecule has 0 unspecified atom stereocenters. The minimum absolute atomic E-state index is 0.0761. The lowest BCUT2D eigenvalue weighted by Gasteiger charge is -2.09. The number of benzene rings is 1. The SMILES string of the molecule is COCCCNC(=O)COc1ccc(F)cc1C=O. The monoisotopic (exact) mass is 269 g/mol. The van der Waals surface area contributed by atoms with E-state index < -0.39 is 5.82 Å². The molecular weight excluding hydrogens is 253 g/mol. The first kappa shape index (κ1) is 15.1. The summed E-state index contributed by atoms with van der Waals surface area (Å²) in [7, 11) is 1.58. The van der Waals surface area contributed by atoms with E-state index in [4.69, 9.17) is 9.47 Å². The van der Waals surface area contributed by atoms with E-state index in [0.29, 0.717) is 25.9 Å². The molecule has 0 bridgehead atoms. The van der Waals surface area contributed by atoms with Gasteiger partial charge in [0.15, 0.2) is 12.9 Å². The summed E-state index contributed by atoms with van der Waals surface area (Å²) in [5, 5.41) is 2.63. The summed E-state index contributed by atoms with van der Waals surface area (Å²) in [4.78, 5) is 22.1. The Hall–Kier alpha value is -1.95. The quantitative estimate of drug-likeness (QED) is 0.568. The smallest absolute Gasteiger partial charge is 0.257 e. The molecule has 0 fully saturated rings. The van der Waals surface area contributed by atoms with E-state index in [9.17, 15) is 14.0 Å². The van der Waals surface area contributed by atoms with Gasteiger partial charge in [0.2, 0.25) is 0 Å². The first-order valence-corrected chi connectivity index (χ1v) is 5.80. The second-order valence-electron chi connectivity index (χ2n) is 3.78. The summed E-state index contributed by atoms with van der Waals surface area (Å²) in [5.41, 5.74) is 0.0761. The summed E-state index contributed by atoms with van der Waals surface area (Å²) in [6.07, 6.45) is 1.19. The topological polar surface area (TPSA) is 64.6 Å². The molecule has 0 saturated carbocycles. The second-order valence-corrected chi connectivity index (χ2v) is 3.78. The van der Waals surface area contributed by atoms with Gasteiger partial charge in [-0.1, -0.05) is 0 Å². The van der Waals surface area contributed by atoms with Crippen molar-refractivity contribution in [2.24, 2.45) is 0 Å². The number of ether oxygens (including phenoxy) is 2. The molecule has 6 heteroatoms. The van der Waals surface area contributed by atoms with E-state index >= 15 is 0 Å². The summed E-state index contributed by atoms with van der Waals surface area (Å²) >= 11 is 0. The Morgan fingerprint density at radius 3 is 2.95 bits per heavy atom. The van der Waals surface area contributed by atoms with Crippen molar-refractivity contribution in [3.05, 3.63) is 29.6 Å². The minimum Gasteiger partial charge on any atom is -0.483 e. The third-order valence-corrected chi connectivity index (χ3v) is 2.30. The fourth-order valence-electron chi connectivity index (χ4n) is 1.38. The second kappa shape index (κ2) is 8.20. The van der Waals surface area contributed by atoms with Gasteiger partial charge in [-0.3, -0.25) is 9.59 Å². The number of methoxy groups -OCH3 is 1. The maximum atomic E-state index is 12.9. The van der Waals surface area contributed by atoms with Gasteiger partial charge in [-0.2, -0.15) is 0 Å². The average Bonchev–Trinajstić information content (AvgIpc) is 2.42. The molecule has 5 nitrogen and oxygen atoms in total. The van der Waals surface area contributed by atoms with Crippen molar-refractivity contribution < 1.29 is 23.5 Å². The van der Waals surface area contributed by atoms with E-state index in [0.717, 1.165) is 6.07 Å². The molecule has 1 rings (SSSR count). The third-order valence-electron chi connectivity index (χ3n) is 2.30. The van der Waals surface area contributed by atoms with Crippen molar-refractivity contribution in [1.29, 1.82) is 0 Å². The highest BCUT2D eigenvalue weighted by Crippen LogP contribution is 2.17. The number of hydrogen-bond donors (Lipinski definition) is 1. The van der Waals surface area contributed by atoms with Crippen LogP contribution in [-0.4, -0.2) is 39.1 Å². The van der Waals surface area contributed by atoms with Crippen LogP contribution in [0, 0.1) is 5.82 Å². The Morgan fingerprint density at radius 1 is 1.47 bits per heavy atom. The van der Waals surface area contributed by atoms with E-state index in [1.165, 1.54) is 12.1 Å². The highest BCUT2D eigenvalue weighted by molar-refractivity contribution is 5.80. The van der Waals surface area contributed by atoms with Crippen LogP contribution < -0.4 is 10.1 Å². The average molecular weight is 269 g/mol. The Kier molecular flexibility index (Phi) is 6.52. The first-order valence-electron chi connectivity index (χ1n) is 5.80. The molecule has 104 valence electrons. The molecular formula is C13H16FNO4. The van der Waals surface area contributed by atoms with Gasteiger partial charge in [-0.05, 0) is 24.6 Å². The zero-order chi connectivity index (χ0) is 14.1. The molecule has 19 heavy (non-hydrogen) atoms. The van der Waals surface area contributed by atoms with E-state index in [1.54, 1.807) is 7.11 Å². The highest BCUT2D eigenvalue weighted by atomic mass is 19.1. The lowest BCUT2D eigenvalue weighted by molar-refractivity contribution is -0.123. The van der Waals surface area contributed by atoms with Crippen LogP contribution in [-0.2, 0) is 9.53 Å². The molecule has 1 N–H and O–H groups in total. The number of halogens is 1. The number of aldehydes is 1. The van der Waals surface area contributed by atoms with Crippen LogP contribution in [0.4, 0.5) is 4.39 Å². The molecule has 0 saturated heterocycles. The van der Waals surface area contributed by atoms with Gasteiger partial charge < -0.3 is 14.8 Å². The van der Waals surface area contributed by atoms with Crippen molar-refractivity contribution in [1.82, 2.24) is 5.32 Å². The Balaban J connectivity index is 2.39. The first-order chi connectivity index (χ1) is 9.17. The number of nitrogens with one attached hydrogen (secondary N) is 1. The standard InChI is InChI=1S/C13H16FNO4/c1-18-6-2-5-15-13(17)9-19-12-4-3-11(14)7-10(12)8-16/h3-4,7-8H,2,5-6,9H2,1H3,(H,15,17). The molecule has 0 spiro atoms. The minimum atomic E-state index is -0.529. The molecule has 1 aromatic rings. The fraction of sp³-hybridized carbons (Fsp3) is 0.385. The maximum absolute atomic E-state index is 12.9. The number of amides is 1. The molecule has 1 amide bonds. The van der Waals surface area contributed by atoms with Crippen molar-refractivity contribution in [3.63, 3.8) is 0 Å². The van der Waals surface area contributed by atoms with Gasteiger partial charge >= 0.3 is 0 Å². The molecule has 0 atom stereocenters. The van der Waals surface area contributed by atoms with Gasteiger partial charge in [0.25, 0.3) is 5.91 Å². The molecule has 0 radical (unpaired) electrons. The van der Waals surface area contributed by atoms with Crippen LogP contribution in [0.2, 0.25) is 0 Å². The molecule has 0 heterocycles. The van der Waals surface area contributed by atoms with Crippen LogP contribution in [0.25, 0.3) is 0 Å². The van der Waals surface area contributed by atoms with Gasteiger partial charge in [0.1, 0.15) is 11.6 Å². The zero-order valence-electron chi connectivity index (χ0n) is 10.6. The summed E-state index contributed by atoms with van der Waals surface area (Å²) < 4.78 is 22.9. The molecule has 0 aliphatic heterocycles. The maximum Gasteiger partial charge on any atom is 0.257 e. The van der Waals surface area contributed by atoms with Crippen molar-refractivity contribution in [2.45, 2.75) is 6.42 Å². The molecule has 0 aliphatic rings. The van der Waals surface area contributed by atoms with Crippen LogP contribution >= 0.6 is 0 Å². The van der Waals surface area contributed by atoms with Crippen molar-refractivity contribution in [2.75, 3.05) is 26.9 Å². The van der Waals surface area contributed by atoms with Gasteiger partial charge in [0.05, 0.1) is 5.56 Å². The van der Waals surface area contributed by atoms with Crippen LogP contribution in [0.5, 0.6) is 5.75 Å². The normalized spacial score (nSPS) is 10.0. The summed E-state index contributed by atoms with van der Waals surface area (Å²) in [6, 6.07) is 3.54. The predicted octanol–water partition coefficient (Wildman–Crippen LogP) is 1.17. The third kappa shape index (κ3) is 5.48. The van der Waals surface area contributed by atoms with Gasteiger partial charge in [0, 0.05) is 20.3 Å². The Morgan fingerprint density at radius 2 is 2.26 bits per heavy atom. The molecule has 1 aromatic carbocycles. The number of carbonyl (C=O) groups excluding carboxylic acids is 2. The summed E-state index contributed by atoms with van der Waals surface area (Å²) in [6.45, 7) is 0.827. The fourth-order valence-corrected chi connectivity index (χ4v) is 1.38. The van der Waals surface area contributed by atoms with E-state index in [-0.39, 0.29) is 23.8 Å². The van der Waals surface area contributed by atoms with Gasteiger partial charge in [-0.15, -0.1) is 0 Å². The Labute approximate surface area is 110 Å². The number of carbonyl (C=O) groups is 2. The predicted molar refractivity (Wildman–Crippen MR) is 66.8 cm³/mol. The highest BCUT2D eigenvalue weighted by Gasteiger charge is 2.07. The zero-order valence-corrected chi connectivity index (χ0v) is 10.6. The lowest BCUT2D eigenvalue weighted by atomic mass is 10.2. The van der Waals surface area contributed by atoms with Crippen LogP contribution in [0.15, 0.2) is 18.2 Å². The van der Waals surface area contributed by atoms with Crippen LogP contribution in [0.3, 0.4) is 0 Å². The van der Waals surface area contributed by atoms with E-state index in [2.05, 4.69) is 5.32 Å². The molecule has 0 aromatic heterocycles. The van der Waals surface area contributed by atoms with Crippen molar-refractivity contribution in [3.8, 4) is 5.75 Å². The number of hydrogen-bond acceptors (Lipinski definition) is 4. The van der Waals surface area contributed by atoms with Crippen molar-refractivity contribution >= 4 is 12.2 Å². The Bertz CT molecular complexity index is 437. The van der Waals surface area contributed by atoms with Gasteiger partial charge in [-0.25, -0.2) is 4.39 Å². The van der Waals surface area contributed by atoms with Crippen LogP contribution in [0.1, 0.15) is 16.8 Å².